The molecule has 0 aliphatic heterocycles. The molecule has 1 heterocycles. The number of hydrogen-bond donors (Lipinski definition) is 2. The summed E-state index contributed by atoms with van der Waals surface area (Å²) in [7, 11) is 0. The average Bonchev–Trinajstić information content (AvgIpc) is 3.23. The highest BCUT2D eigenvalue weighted by atomic mass is 35.5. The van der Waals surface area contributed by atoms with E-state index in [1.54, 1.807) is 54.6 Å². The number of carbonyl (C=O) groups excluding carboxylic acids is 1. The van der Waals surface area contributed by atoms with Crippen molar-refractivity contribution in [2.75, 3.05) is 0 Å². The van der Waals surface area contributed by atoms with Crippen LogP contribution >= 0.6 is 23.2 Å². The number of hydrogen-bond acceptors (Lipinski definition) is 2. The van der Waals surface area contributed by atoms with E-state index in [0.717, 1.165) is 16.8 Å². The molecule has 0 radical (unpaired) electrons. The summed E-state index contributed by atoms with van der Waals surface area (Å²) in [5, 5.41) is 11.1. The predicted octanol–water partition coefficient (Wildman–Crippen LogP) is 6.12. The summed E-state index contributed by atoms with van der Waals surface area (Å²) in [4.78, 5) is 12.4. The van der Waals surface area contributed by atoms with Crippen LogP contribution in [0.4, 0.5) is 4.39 Å². The fraction of sp³-hybridized carbons (Fsp3) is 0.0435. The first-order valence-electron chi connectivity index (χ1n) is 9.14. The van der Waals surface area contributed by atoms with Gasteiger partial charge in [-0.05, 0) is 42.5 Å². The lowest BCUT2D eigenvalue weighted by atomic mass is 10.1. The van der Waals surface area contributed by atoms with Gasteiger partial charge < -0.3 is 5.32 Å². The summed E-state index contributed by atoms with van der Waals surface area (Å²) in [6.45, 7) is 0.123. The summed E-state index contributed by atoms with van der Waals surface area (Å²) in [6.07, 6.45) is 0. The van der Waals surface area contributed by atoms with E-state index in [4.69, 9.17) is 23.2 Å². The molecule has 4 aromatic rings. The second kappa shape index (κ2) is 8.69. The van der Waals surface area contributed by atoms with Crippen molar-refractivity contribution < 1.29 is 9.18 Å². The SMILES string of the molecule is O=C(NCc1ccccc1F)c1ccc(-c2cc(-c3ccc(Cl)cc3Cl)[nH]n2)cc1. The molecule has 4 rings (SSSR count). The Hall–Kier alpha value is -3.15. The van der Waals surface area contributed by atoms with Gasteiger partial charge in [0.25, 0.3) is 5.91 Å². The van der Waals surface area contributed by atoms with Crippen LogP contribution < -0.4 is 5.32 Å². The van der Waals surface area contributed by atoms with E-state index in [1.807, 2.05) is 12.1 Å². The zero-order valence-corrected chi connectivity index (χ0v) is 17.1. The van der Waals surface area contributed by atoms with Crippen molar-refractivity contribution in [2.45, 2.75) is 6.54 Å². The third-order valence-corrected chi connectivity index (χ3v) is 5.19. The van der Waals surface area contributed by atoms with Crippen LogP contribution in [0.2, 0.25) is 10.0 Å². The zero-order chi connectivity index (χ0) is 21.1. The summed E-state index contributed by atoms with van der Waals surface area (Å²) < 4.78 is 13.7. The van der Waals surface area contributed by atoms with Gasteiger partial charge in [-0.1, -0.05) is 53.5 Å². The standard InChI is InChI=1S/C23H16Cl2FN3O/c24-17-9-10-18(19(25)11-17)22-12-21(28-29-22)14-5-7-15(8-6-14)23(30)27-13-16-3-1-2-4-20(16)26/h1-12H,13H2,(H,27,30)(H,28,29). The first-order chi connectivity index (χ1) is 14.5. The normalized spacial score (nSPS) is 10.8. The lowest BCUT2D eigenvalue weighted by molar-refractivity contribution is 0.0950. The molecule has 0 aliphatic rings. The van der Waals surface area contributed by atoms with Gasteiger partial charge in [0.15, 0.2) is 0 Å². The van der Waals surface area contributed by atoms with Gasteiger partial charge in [0, 0.05) is 33.8 Å². The molecular weight excluding hydrogens is 424 g/mol. The predicted molar refractivity (Wildman–Crippen MR) is 117 cm³/mol. The Kier molecular flexibility index (Phi) is 5.84. The molecule has 0 fully saturated rings. The van der Waals surface area contributed by atoms with Crippen LogP contribution in [0.25, 0.3) is 22.5 Å². The molecule has 4 nitrogen and oxygen atoms in total. The van der Waals surface area contributed by atoms with Crippen molar-refractivity contribution in [3.05, 3.63) is 99.8 Å². The molecule has 0 saturated heterocycles. The van der Waals surface area contributed by atoms with E-state index in [9.17, 15) is 9.18 Å². The van der Waals surface area contributed by atoms with Crippen LogP contribution in [0.1, 0.15) is 15.9 Å². The third-order valence-electron chi connectivity index (χ3n) is 4.64. The Bertz CT molecular complexity index is 1210. The van der Waals surface area contributed by atoms with Gasteiger partial charge in [0.2, 0.25) is 0 Å². The van der Waals surface area contributed by atoms with E-state index >= 15 is 0 Å². The number of rotatable bonds is 5. The molecule has 7 heteroatoms. The van der Waals surface area contributed by atoms with Gasteiger partial charge >= 0.3 is 0 Å². The first-order valence-corrected chi connectivity index (χ1v) is 9.90. The van der Waals surface area contributed by atoms with E-state index < -0.39 is 0 Å². The van der Waals surface area contributed by atoms with Crippen LogP contribution in [-0.2, 0) is 6.54 Å². The number of aromatic amines is 1. The molecule has 1 amide bonds. The van der Waals surface area contributed by atoms with E-state index in [0.29, 0.717) is 26.9 Å². The second-order valence-corrected chi connectivity index (χ2v) is 7.49. The Labute approximate surface area is 182 Å². The number of aromatic nitrogens is 2. The summed E-state index contributed by atoms with van der Waals surface area (Å²) >= 11 is 12.2. The Balaban J connectivity index is 1.46. The molecule has 1 aromatic heterocycles. The molecule has 2 N–H and O–H groups in total. The van der Waals surface area contributed by atoms with Crippen molar-refractivity contribution in [1.82, 2.24) is 15.5 Å². The van der Waals surface area contributed by atoms with Gasteiger partial charge in [0.1, 0.15) is 5.82 Å². The molecule has 150 valence electrons. The minimum Gasteiger partial charge on any atom is -0.348 e. The fourth-order valence-corrected chi connectivity index (χ4v) is 3.54. The smallest absolute Gasteiger partial charge is 0.251 e. The van der Waals surface area contributed by atoms with Gasteiger partial charge in [-0.2, -0.15) is 5.10 Å². The quantitative estimate of drug-likeness (QED) is 0.393. The molecule has 30 heavy (non-hydrogen) atoms. The molecule has 0 spiro atoms. The van der Waals surface area contributed by atoms with E-state index in [1.165, 1.54) is 6.07 Å². The van der Waals surface area contributed by atoms with Crippen LogP contribution in [0.15, 0.2) is 72.8 Å². The highest BCUT2D eigenvalue weighted by Gasteiger charge is 2.11. The number of benzene rings is 3. The summed E-state index contributed by atoms with van der Waals surface area (Å²) in [5.74, 6) is -0.622. The second-order valence-electron chi connectivity index (χ2n) is 6.64. The van der Waals surface area contributed by atoms with E-state index in [2.05, 4.69) is 15.5 Å². The molecule has 0 unspecified atom stereocenters. The monoisotopic (exact) mass is 439 g/mol. The number of H-pyrrole nitrogens is 1. The topological polar surface area (TPSA) is 57.8 Å². The van der Waals surface area contributed by atoms with Crippen LogP contribution in [-0.4, -0.2) is 16.1 Å². The van der Waals surface area contributed by atoms with Crippen LogP contribution in [0, 0.1) is 5.82 Å². The summed E-state index contributed by atoms with van der Waals surface area (Å²) in [5.41, 5.74) is 4.03. The van der Waals surface area contributed by atoms with E-state index in [-0.39, 0.29) is 18.3 Å². The minimum absolute atomic E-state index is 0.123. The highest BCUT2D eigenvalue weighted by molar-refractivity contribution is 6.36. The van der Waals surface area contributed by atoms with Crippen LogP contribution in [0.3, 0.4) is 0 Å². The maximum absolute atomic E-state index is 13.7. The van der Waals surface area contributed by atoms with Gasteiger partial charge in [-0.3, -0.25) is 9.89 Å². The number of amides is 1. The molecular formula is C23H16Cl2FN3O. The number of halogens is 3. The van der Waals surface area contributed by atoms with Crippen molar-refractivity contribution in [1.29, 1.82) is 0 Å². The van der Waals surface area contributed by atoms with Crippen molar-refractivity contribution in [3.63, 3.8) is 0 Å². The largest absolute Gasteiger partial charge is 0.348 e. The molecule has 0 atom stereocenters. The van der Waals surface area contributed by atoms with Crippen molar-refractivity contribution in [2.24, 2.45) is 0 Å². The van der Waals surface area contributed by atoms with Crippen molar-refractivity contribution >= 4 is 29.1 Å². The third kappa shape index (κ3) is 4.37. The zero-order valence-electron chi connectivity index (χ0n) is 15.6. The minimum atomic E-state index is -0.344. The highest BCUT2D eigenvalue weighted by Crippen LogP contribution is 2.31. The maximum atomic E-state index is 13.7. The first kappa shape index (κ1) is 20.1. The molecule has 3 aromatic carbocycles. The molecule has 0 bridgehead atoms. The molecule has 0 aliphatic carbocycles. The van der Waals surface area contributed by atoms with Crippen molar-refractivity contribution in [3.8, 4) is 22.5 Å². The lowest BCUT2D eigenvalue weighted by Crippen LogP contribution is -2.23. The van der Waals surface area contributed by atoms with Gasteiger partial charge in [-0.25, -0.2) is 4.39 Å². The number of nitrogens with zero attached hydrogens (tertiary/aromatic N) is 1. The van der Waals surface area contributed by atoms with Gasteiger partial charge in [-0.15, -0.1) is 0 Å². The van der Waals surface area contributed by atoms with Crippen LogP contribution in [0.5, 0.6) is 0 Å². The lowest BCUT2D eigenvalue weighted by Gasteiger charge is -2.07. The summed E-state index contributed by atoms with van der Waals surface area (Å²) in [6, 6.07) is 20.5. The number of nitrogens with one attached hydrogen (secondary N) is 2. The maximum Gasteiger partial charge on any atom is 0.251 e. The Morgan fingerprint density at radius 2 is 1.77 bits per heavy atom. The Morgan fingerprint density at radius 1 is 1.00 bits per heavy atom. The Morgan fingerprint density at radius 3 is 2.50 bits per heavy atom. The average molecular weight is 440 g/mol. The molecule has 0 saturated carbocycles. The van der Waals surface area contributed by atoms with Gasteiger partial charge in [0.05, 0.1) is 16.4 Å². The number of carbonyl (C=O) groups is 1. The fourth-order valence-electron chi connectivity index (χ4n) is 3.03.